The summed E-state index contributed by atoms with van der Waals surface area (Å²) < 4.78 is 25.1. The Hall–Kier alpha value is -2.61. The monoisotopic (exact) mass is 344 g/mol. The molecule has 2 aromatic rings. The molecule has 0 aliphatic carbocycles. The maximum Gasteiger partial charge on any atom is 0.291 e. The molecule has 0 bridgehead atoms. The third kappa shape index (κ3) is 2.93. The molecule has 0 N–H and O–H groups in total. The molecule has 1 spiro atoms. The molecule has 0 radical (unpaired) electrons. The van der Waals surface area contributed by atoms with Gasteiger partial charge in [0.25, 0.3) is 5.91 Å². The standard InChI is InChI=1S/C17H17FN4O3/c18-13-3-1-5-21-15(13)24-9-12-4-8-25-17(12)10-22(11-17)16(23)14-19-6-2-7-20-14/h1-3,5-7,12H,4,8-11H2. The molecule has 1 amide bonds. The maximum atomic E-state index is 13.6. The zero-order chi connectivity index (χ0) is 17.3. The molecule has 8 heteroatoms. The van der Waals surface area contributed by atoms with Gasteiger partial charge in [-0.2, -0.15) is 0 Å². The minimum absolute atomic E-state index is 0.00510. The largest absolute Gasteiger partial charge is 0.475 e. The van der Waals surface area contributed by atoms with Crippen LogP contribution in [-0.4, -0.2) is 57.7 Å². The SMILES string of the molecule is O=C(c1ncccn1)N1CC2(C1)OCCC2COc1ncccc1F. The minimum Gasteiger partial charge on any atom is -0.475 e. The predicted molar refractivity (Wildman–Crippen MR) is 84.4 cm³/mol. The number of aromatic nitrogens is 3. The van der Waals surface area contributed by atoms with E-state index in [-0.39, 0.29) is 23.5 Å². The molecule has 1 atom stereocenters. The van der Waals surface area contributed by atoms with E-state index in [0.717, 1.165) is 6.42 Å². The molecule has 7 nitrogen and oxygen atoms in total. The molecule has 0 aromatic carbocycles. The quantitative estimate of drug-likeness (QED) is 0.833. The molecule has 25 heavy (non-hydrogen) atoms. The lowest BCUT2D eigenvalue weighted by Crippen LogP contribution is -2.66. The van der Waals surface area contributed by atoms with Gasteiger partial charge < -0.3 is 14.4 Å². The normalized spacial score (nSPS) is 21.2. The Balaban J connectivity index is 1.38. The van der Waals surface area contributed by atoms with Gasteiger partial charge in [0, 0.05) is 31.1 Å². The summed E-state index contributed by atoms with van der Waals surface area (Å²) in [5.74, 6) is -0.442. The second-order valence-electron chi connectivity index (χ2n) is 6.23. The van der Waals surface area contributed by atoms with Gasteiger partial charge in [0.2, 0.25) is 11.7 Å². The van der Waals surface area contributed by atoms with E-state index in [2.05, 4.69) is 15.0 Å². The summed E-state index contributed by atoms with van der Waals surface area (Å²) in [5.41, 5.74) is -0.435. The minimum atomic E-state index is -0.484. The van der Waals surface area contributed by atoms with Crippen LogP contribution >= 0.6 is 0 Å². The molecule has 2 fully saturated rings. The van der Waals surface area contributed by atoms with E-state index in [0.29, 0.717) is 26.3 Å². The number of halogens is 1. The molecule has 2 saturated heterocycles. The smallest absolute Gasteiger partial charge is 0.291 e. The average molecular weight is 344 g/mol. The fourth-order valence-corrected chi connectivity index (χ4v) is 3.32. The van der Waals surface area contributed by atoms with Gasteiger partial charge in [-0.15, -0.1) is 0 Å². The van der Waals surface area contributed by atoms with Crippen molar-refractivity contribution < 1.29 is 18.7 Å². The van der Waals surface area contributed by atoms with E-state index in [1.54, 1.807) is 23.4 Å². The summed E-state index contributed by atoms with van der Waals surface area (Å²) in [5, 5.41) is 0. The van der Waals surface area contributed by atoms with Gasteiger partial charge in [-0.05, 0) is 24.6 Å². The third-order valence-electron chi connectivity index (χ3n) is 4.71. The summed E-state index contributed by atoms with van der Waals surface area (Å²) in [6.45, 7) is 1.83. The van der Waals surface area contributed by atoms with Crippen molar-refractivity contribution in [1.29, 1.82) is 0 Å². The van der Waals surface area contributed by atoms with Crippen molar-refractivity contribution in [3.63, 3.8) is 0 Å². The number of likely N-dealkylation sites (tertiary alicyclic amines) is 1. The highest BCUT2D eigenvalue weighted by Crippen LogP contribution is 2.40. The molecule has 2 aliphatic rings. The van der Waals surface area contributed by atoms with E-state index in [1.807, 2.05) is 0 Å². The molecule has 0 saturated carbocycles. The number of pyridine rings is 1. The predicted octanol–water partition coefficient (Wildman–Crippen LogP) is 1.32. The van der Waals surface area contributed by atoms with E-state index in [1.165, 1.54) is 18.3 Å². The highest BCUT2D eigenvalue weighted by Gasteiger charge is 2.55. The van der Waals surface area contributed by atoms with Crippen molar-refractivity contribution in [2.75, 3.05) is 26.3 Å². The van der Waals surface area contributed by atoms with Crippen LogP contribution in [-0.2, 0) is 4.74 Å². The Labute approximate surface area is 143 Å². The Morgan fingerprint density at radius 3 is 2.80 bits per heavy atom. The average Bonchev–Trinajstić information content (AvgIpc) is 3.04. The van der Waals surface area contributed by atoms with Gasteiger partial charge in [-0.3, -0.25) is 4.79 Å². The van der Waals surface area contributed by atoms with Crippen molar-refractivity contribution in [1.82, 2.24) is 19.9 Å². The van der Waals surface area contributed by atoms with Gasteiger partial charge in [-0.25, -0.2) is 19.3 Å². The Morgan fingerprint density at radius 1 is 1.28 bits per heavy atom. The Bertz CT molecular complexity index is 767. The van der Waals surface area contributed by atoms with Gasteiger partial charge >= 0.3 is 0 Å². The van der Waals surface area contributed by atoms with Crippen molar-refractivity contribution in [2.24, 2.45) is 5.92 Å². The molecular weight excluding hydrogens is 327 g/mol. The molecule has 4 heterocycles. The van der Waals surface area contributed by atoms with Crippen LogP contribution in [0.4, 0.5) is 4.39 Å². The van der Waals surface area contributed by atoms with Crippen LogP contribution in [0.2, 0.25) is 0 Å². The van der Waals surface area contributed by atoms with Crippen molar-refractivity contribution in [3.05, 3.63) is 48.4 Å². The van der Waals surface area contributed by atoms with Crippen molar-refractivity contribution >= 4 is 5.91 Å². The van der Waals surface area contributed by atoms with E-state index in [9.17, 15) is 9.18 Å². The number of rotatable bonds is 4. The Morgan fingerprint density at radius 2 is 2.04 bits per heavy atom. The topological polar surface area (TPSA) is 77.4 Å². The summed E-state index contributed by atoms with van der Waals surface area (Å²) in [6, 6.07) is 4.49. The van der Waals surface area contributed by atoms with Gasteiger partial charge in [0.15, 0.2) is 5.82 Å². The molecule has 1 unspecified atom stereocenters. The van der Waals surface area contributed by atoms with Crippen LogP contribution in [0.25, 0.3) is 0 Å². The van der Waals surface area contributed by atoms with Gasteiger partial charge in [-0.1, -0.05) is 0 Å². The highest BCUT2D eigenvalue weighted by molar-refractivity contribution is 5.91. The van der Waals surface area contributed by atoms with Crippen LogP contribution in [0.5, 0.6) is 5.88 Å². The summed E-state index contributed by atoms with van der Waals surface area (Å²) >= 11 is 0. The van der Waals surface area contributed by atoms with Crippen LogP contribution in [0, 0.1) is 11.7 Å². The van der Waals surface area contributed by atoms with Gasteiger partial charge in [0.1, 0.15) is 5.60 Å². The Kier molecular flexibility index (Phi) is 4.04. The first-order chi connectivity index (χ1) is 12.2. The van der Waals surface area contributed by atoms with E-state index in [4.69, 9.17) is 9.47 Å². The van der Waals surface area contributed by atoms with Crippen molar-refractivity contribution in [3.8, 4) is 5.88 Å². The summed E-state index contributed by atoms with van der Waals surface area (Å²) in [6.07, 6.45) is 5.38. The van der Waals surface area contributed by atoms with E-state index >= 15 is 0 Å². The van der Waals surface area contributed by atoms with Crippen LogP contribution < -0.4 is 4.74 Å². The first kappa shape index (κ1) is 15.9. The zero-order valence-corrected chi connectivity index (χ0v) is 13.5. The summed E-state index contributed by atoms with van der Waals surface area (Å²) in [7, 11) is 0. The molecule has 130 valence electrons. The number of ether oxygens (including phenoxy) is 2. The number of carbonyl (C=O) groups excluding carboxylic acids is 1. The molecule has 2 aliphatic heterocycles. The lowest BCUT2D eigenvalue weighted by atomic mass is 9.81. The maximum absolute atomic E-state index is 13.6. The number of hydrogen-bond acceptors (Lipinski definition) is 6. The lowest BCUT2D eigenvalue weighted by Gasteiger charge is -2.49. The van der Waals surface area contributed by atoms with Crippen LogP contribution in [0.15, 0.2) is 36.8 Å². The first-order valence-corrected chi connectivity index (χ1v) is 8.11. The van der Waals surface area contributed by atoms with Crippen LogP contribution in [0.1, 0.15) is 17.0 Å². The zero-order valence-electron chi connectivity index (χ0n) is 13.5. The fourth-order valence-electron chi connectivity index (χ4n) is 3.32. The number of carbonyl (C=O) groups is 1. The van der Waals surface area contributed by atoms with E-state index < -0.39 is 11.4 Å². The highest BCUT2D eigenvalue weighted by atomic mass is 19.1. The molecule has 4 rings (SSSR count). The van der Waals surface area contributed by atoms with Crippen molar-refractivity contribution in [2.45, 2.75) is 12.0 Å². The van der Waals surface area contributed by atoms with Gasteiger partial charge in [0.05, 0.1) is 19.7 Å². The first-order valence-electron chi connectivity index (χ1n) is 8.11. The second-order valence-corrected chi connectivity index (χ2v) is 6.23. The number of hydrogen-bond donors (Lipinski definition) is 0. The number of amides is 1. The molecule has 2 aromatic heterocycles. The molecular formula is C17H17FN4O3. The lowest BCUT2D eigenvalue weighted by molar-refractivity contribution is -0.122. The second kappa shape index (κ2) is 6.36. The summed E-state index contributed by atoms with van der Waals surface area (Å²) in [4.78, 5) is 25.9. The number of nitrogens with zero attached hydrogens (tertiary/aromatic N) is 4. The third-order valence-corrected chi connectivity index (χ3v) is 4.71. The fraction of sp³-hybridized carbons (Fsp3) is 0.412. The van der Waals surface area contributed by atoms with Crippen LogP contribution in [0.3, 0.4) is 0 Å².